The molecule has 7 nitrogen and oxygen atoms in total. The van der Waals surface area contributed by atoms with Crippen LogP contribution in [0.15, 0.2) is 53.1 Å². The molecule has 1 unspecified atom stereocenters. The molecule has 1 saturated heterocycles. The Kier molecular flexibility index (Phi) is 5.15. The molecule has 1 fully saturated rings. The summed E-state index contributed by atoms with van der Waals surface area (Å²) < 4.78 is 1.00. The van der Waals surface area contributed by atoms with E-state index in [4.69, 9.17) is 0 Å². The largest absolute Gasteiger partial charge is 0.353 e. The maximum absolute atomic E-state index is 12.6. The number of benzene rings is 1. The molecule has 0 saturated carbocycles. The number of carbonyl (C=O) groups is 1. The third-order valence-electron chi connectivity index (χ3n) is 4.60. The van der Waals surface area contributed by atoms with Gasteiger partial charge in [0.05, 0.1) is 5.69 Å². The van der Waals surface area contributed by atoms with Crippen LogP contribution in [-0.4, -0.2) is 45.4 Å². The maximum atomic E-state index is 12.6. The number of halogens is 1. The highest BCUT2D eigenvalue weighted by Gasteiger charge is 2.23. The third kappa shape index (κ3) is 4.16. The second-order valence-electron chi connectivity index (χ2n) is 6.51. The van der Waals surface area contributed by atoms with Gasteiger partial charge in [-0.15, -0.1) is 5.10 Å². The first kappa shape index (κ1) is 17.7. The lowest BCUT2D eigenvalue weighted by atomic mass is 10.1. The molecular formula is C19H19BrN6O. The number of amides is 1. The predicted octanol–water partition coefficient (Wildman–Crippen LogP) is 3.03. The molecule has 0 spiro atoms. The van der Waals surface area contributed by atoms with E-state index in [2.05, 4.69) is 46.5 Å². The quantitative estimate of drug-likeness (QED) is 0.669. The summed E-state index contributed by atoms with van der Waals surface area (Å²) >= 11 is 3.42. The molecule has 1 aliphatic rings. The first-order valence-electron chi connectivity index (χ1n) is 8.84. The Bertz CT molecular complexity index is 911. The van der Waals surface area contributed by atoms with Gasteiger partial charge in [-0.2, -0.15) is 10.2 Å². The van der Waals surface area contributed by atoms with Gasteiger partial charge in [0, 0.05) is 35.4 Å². The summed E-state index contributed by atoms with van der Waals surface area (Å²) in [7, 11) is 0. The summed E-state index contributed by atoms with van der Waals surface area (Å²) in [6.07, 6.45) is 3.60. The van der Waals surface area contributed by atoms with Crippen LogP contribution in [0.1, 0.15) is 23.3 Å². The van der Waals surface area contributed by atoms with Crippen molar-refractivity contribution >= 4 is 27.7 Å². The Balaban J connectivity index is 1.41. The van der Waals surface area contributed by atoms with Crippen LogP contribution in [0.5, 0.6) is 0 Å². The fraction of sp³-hybridized carbons (Fsp3) is 0.263. The van der Waals surface area contributed by atoms with Gasteiger partial charge >= 0.3 is 0 Å². The monoisotopic (exact) mass is 426 g/mol. The number of piperidine rings is 1. The minimum Gasteiger partial charge on any atom is -0.353 e. The van der Waals surface area contributed by atoms with Gasteiger partial charge in [0.15, 0.2) is 5.82 Å². The van der Waals surface area contributed by atoms with Gasteiger partial charge in [0.2, 0.25) is 0 Å². The summed E-state index contributed by atoms with van der Waals surface area (Å²) in [4.78, 5) is 14.8. The van der Waals surface area contributed by atoms with Crippen LogP contribution in [0.2, 0.25) is 0 Å². The van der Waals surface area contributed by atoms with Crippen molar-refractivity contribution in [1.29, 1.82) is 0 Å². The molecule has 138 valence electrons. The molecule has 2 aromatic heterocycles. The highest BCUT2D eigenvalue weighted by Crippen LogP contribution is 2.21. The molecule has 4 rings (SSSR count). The van der Waals surface area contributed by atoms with Crippen LogP contribution in [0.4, 0.5) is 5.82 Å². The second kappa shape index (κ2) is 7.87. The standard InChI is InChI=1S/C19H19BrN6O/c20-14-7-5-13(6-8-14)16-11-17(24-23-16)19(27)22-15-3-2-10-26(12-15)18-4-1-9-21-25-18/h1,4-9,11,15H,2-3,10,12H2,(H,22,27)(H,23,24). The van der Waals surface area contributed by atoms with Crippen LogP contribution in [0.25, 0.3) is 11.3 Å². The van der Waals surface area contributed by atoms with Crippen molar-refractivity contribution in [3.05, 3.63) is 58.8 Å². The number of aromatic amines is 1. The summed E-state index contributed by atoms with van der Waals surface area (Å²) in [5, 5.41) is 18.3. The Morgan fingerprint density at radius 1 is 1.26 bits per heavy atom. The summed E-state index contributed by atoms with van der Waals surface area (Å²) in [5.74, 6) is 0.701. The van der Waals surface area contributed by atoms with E-state index >= 15 is 0 Å². The average Bonchev–Trinajstić information content (AvgIpc) is 3.20. The van der Waals surface area contributed by atoms with Crippen molar-refractivity contribution in [1.82, 2.24) is 25.7 Å². The van der Waals surface area contributed by atoms with Crippen LogP contribution in [0.3, 0.4) is 0 Å². The van der Waals surface area contributed by atoms with Crippen LogP contribution in [0, 0.1) is 0 Å². The zero-order valence-corrected chi connectivity index (χ0v) is 16.2. The molecule has 8 heteroatoms. The number of rotatable bonds is 4. The Labute approximate surface area is 165 Å². The number of aromatic nitrogens is 4. The van der Waals surface area contributed by atoms with Gasteiger partial charge in [-0.05, 0) is 43.2 Å². The van der Waals surface area contributed by atoms with Crippen LogP contribution < -0.4 is 10.2 Å². The van der Waals surface area contributed by atoms with E-state index < -0.39 is 0 Å². The molecule has 1 amide bonds. The number of hydrogen-bond acceptors (Lipinski definition) is 5. The molecule has 1 atom stereocenters. The Morgan fingerprint density at radius 3 is 2.89 bits per heavy atom. The van der Waals surface area contributed by atoms with Gasteiger partial charge in [-0.25, -0.2) is 0 Å². The van der Waals surface area contributed by atoms with E-state index in [-0.39, 0.29) is 11.9 Å². The zero-order valence-electron chi connectivity index (χ0n) is 14.6. The predicted molar refractivity (Wildman–Crippen MR) is 106 cm³/mol. The van der Waals surface area contributed by atoms with Crippen molar-refractivity contribution in [2.75, 3.05) is 18.0 Å². The number of nitrogens with zero attached hydrogens (tertiary/aromatic N) is 4. The minimum absolute atomic E-state index is 0.0627. The normalized spacial score (nSPS) is 16.9. The minimum atomic E-state index is -0.142. The van der Waals surface area contributed by atoms with Gasteiger partial charge in [0.25, 0.3) is 5.91 Å². The lowest BCUT2D eigenvalue weighted by Gasteiger charge is -2.33. The van der Waals surface area contributed by atoms with Crippen molar-refractivity contribution in [2.45, 2.75) is 18.9 Å². The highest BCUT2D eigenvalue weighted by atomic mass is 79.9. The third-order valence-corrected chi connectivity index (χ3v) is 5.13. The Hall–Kier alpha value is -2.74. The van der Waals surface area contributed by atoms with E-state index in [9.17, 15) is 4.79 Å². The summed E-state index contributed by atoms with van der Waals surface area (Å²) in [6, 6.07) is 13.5. The smallest absolute Gasteiger partial charge is 0.269 e. The first-order valence-corrected chi connectivity index (χ1v) is 9.63. The average molecular weight is 427 g/mol. The second-order valence-corrected chi connectivity index (χ2v) is 7.43. The number of H-pyrrole nitrogens is 1. The fourth-order valence-corrected chi connectivity index (χ4v) is 3.50. The van der Waals surface area contributed by atoms with E-state index in [0.29, 0.717) is 5.69 Å². The molecule has 3 heterocycles. The first-order chi connectivity index (χ1) is 13.2. The fourth-order valence-electron chi connectivity index (χ4n) is 3.23. The molecule has 3 aromatic rings. The lowest BCUT2D eigenvalue weighted by Crippen LogP contribution is -2.48. The molecule has 2 N–H and O–H groups in total. The van der Waals surface area contributed by atoms with E-state index in [1.807, 2.05) is 36.4 Å². The highest BCUT2D eigenvalue weighted by molar-refractivity contribution is 9.10. The number of hydrogen-bond donors (Lipinski definition) is 2. The van der Waals surface area contributed by atoms with Gasteiger partial charge in [-0.1, -0.05) is 28.1 Å². The van der Waals surface area contributed by atoms with E-state index in [1.165, 1.54) is 0 Å². The molecule has 0 bridgehead atoms. The summed E-state index contributed by atoms with van der Waals surface area (Å²) in [6.45, 7) is 1.64. The van der Waals surface area contributed by atoms with Gasteiger partial charge in [0.1, 0.15) is 5.69 Å². The van der Waals surface area contributed by atoms with E-state index in [1.54, 1.807) is 12.3 Å². The topological polar surface area (TPSA) is 86.8 Å². The lowest BCUT2D eigenvalue weighted by molar-refractivity contribution is 0.0928. The van der Waals surface area contributed by atoms with E-state index in [0.717, 1.165) is 47.5 Å². The van der Waals surface area contributed by atoms with Gasteiger partial charge < -0.3 is 10.2 Å². The van der Waals surface area contributed by atoms with Gasteiger partial charge in [-0.3, -0.25) is 9.89 Å². The number of carbonyl (C=O) groups excluding carboxylic acids is 1. The molecular weight excluding hydrogens is 408 g/mol. The van der Waals surface area contributed by atoms with Crippen LogP contribution in [-0.2, 0) is 0 Å². The van der Waals surface area contributed by atoms with Crippen molar-refractivity contribution < 1.29 is 4.79 Å². The Morgan fingerprint density at radius 2 is 2.11 bits per heavy atom. The molecule has 1 aliphatic heterocycles. The zero-order chi connectivity index (χ0) is 18.6. The summed E-state index contributed by atoms with van der Waals surface area (Å²) in [5.41, 5.74) is 2.17. The number of nitrogens with one attached hydrogen (secondary N) is 2. The molecule has 1 aromatic carbocycles. The maximum Gasteiger partial charge on any atom is 0.269 e. The molecule has 0 radical (unpaired) electrons. The van der Waals surface area contributed by atoms with Crippen molar-refractivity contribution in [3.8, 4) is 11.3 Å². The number of anilines is 1. The molecule has 0 aliphatic carbocycles. The molecule has 27 heavy (non-hydrogen) atoms. The van der Waals surface area contributed by atoms with Crippen molar-refractivity contribution in [3.63, 3.8) is 0 Å². The van der Waals surface area contributed by atoms with Crippen LogP contribution >= 0.6 is 15.9 Å². The SMILES string of the molecule is O=C(NC1CCCN(c2cccnn2)C1)c1cc(-c2ccc(Br)cc2)n[nH]1. The van der Waals surface area contributed by atoms with Crippen molar-refractivity contribution in [2.24, 2.45) is 0 Å².